The highest BCUT2D eigenvalue weighted by molar-refractivity contribution is 5.83. The van der Waals surface area contributed by atoms with E-state index < -0.39 is 18.1 Å². The van der Waals surface area contributed by atoms with E-state index in [9.17, 15) is 9.59 Å². The second-order valence-electron chi connectivity index (χ2n) is 5.66. The van der Waals surface area contributed by atoms with Crippen LogP contribution in [0, 0.1) is 0 Å². The van der Waals surface area contributed by atoms with Gasteiger partial charge in [-0.05, 0) is 39.0 Å². The summed E-state index contributed by atoms with van der Waals surface area (Å²) in [5, 5.41) is 12.1. The maximum atomic E-state index is 12.5. The quantitative estimate of drug-likeness (QED) is 0.750. The Labute approximate surface area is 121 Å². The Hall–Kier alpha value is -1.10. The highest BCUT2D eigenvalue weighted by Crippen LogP contribution is 2.20. The Morgan fingerprint density at radius 1 is 1.35 bits per heavy atom. The summed E-state index contributed by atoms with van der Waals surface area (Å²) in [5.41, 5.74) is 0. The van der Waals surface area contributed by atoms with E-state index in [-0.39, 0.29) is 5.91 Å². The van der Waals surface area contributed by atoms with Crippen molar-refractivity contribution in [2.45, 2.75) is 77.4 Å². The maximum Gasteiger partial charge on any atom is 0.320 e. The molecule has 1 fully saturated rings. The van der Waals surface area contributed by atoms with E-state index in [0.717, 1.165) is 32.2 Å². The molecule has 1 heterocycles. The molecule has 1 aliphatic rings. The number of hydrogen-bond acceptors (Lipinski definition) is 3. The van der Waals surface area contributed by atoms with E-state index in [1.165, 1.54) is 6.42 Å². The van der Waals surface area contributed by atoms with Crippen molar-refractivity contribution >= 4 is 11.9 Å². The van der Waals surface area contributed by atoms with Gasteiger partial charge >= 0.3 is 5.97 Å². The predicted octanol–water partition coefficient (Wildman–Crippen LogP) is 2.01. The summed E-state index contributed by atoms with van der Waals surface area (Å²) < 4.78 is 0. The third kappa shape index (κ3) is 4.47. The summed E-state index contributed by atoms with van der Waals surface area (Å²) >= 11 is 0. The van der Waals surface area contributed by atoms with Gasteiger partial charge in [0.25, 0.3) is 0 Å². The number of hydrogen-bond donors (Lipinski definition) is 2. The fraction of sp³-hybridized carbons (Fsp3) is 0.867. The topological polar surface area (TPSA) is 69.6 Å². The minimum atomic E-state index is -0.878. The van der Waals surface area contributed by atoms with Crippen LogP contribution in [-0.2, 0) is 9.59 Å². The Morgan fingerprint density at radius 2 is 2.05 bits per heavy atom. The van der Waals surface area contributed by atoms with Crippen LogP contribution < -0.4 is 5.32 Å². The summed E-state index contributed by atoms with van der Waals surface area (Å²) in [6, 6.07) is -0.756. The number of rotatable bonds is 7. The van der Waals surface area contributed by atoms with Gasteiger partial charge in [0.2, 0.25) is 5.91 Å². The molecule has 0 bridgehead atoms. The zero-order valence-corrected chi connectivity index (χ0v) is 12.9. The van der Waals surface area contributed by atoms with Crippen LogP contribution in [0.25, 0.3) is 0 Å². The number of carboxylic acids is 1. The summed E-state index contributed by atoms with van der Waals surface area (Å²) in [7, 11) is 0. The van der Waals surface area contributed by atoms with Gasteiger partial charge < -0.3 is 10.0 Å². The number of carbonyl (C=O) groups is 2. The summed E-state index contributed by atoms with van der Waals surface area (Å²) in [5.74, 6) is -0.837. The number of aliphatic carboxylic acids is 1. The van der Waals surface area contributed by atoms with E-state index in [1.807, 2.05) is 11.8 Å². The zero-order valence-electron chi connectivity index (χ0n) is 12.9. The Bertz CT molecular complexity index is 333. The highest BCUT2D eigenvalue weighted by atomic mass is 16.4. The lowest BCUT2D eigenvalue weighted by atomic mass is 9.99. The van der Waals surface area contributed by atoms with Crippen molar-refractivity contribution in [2.75, 3.05) is 6.54 Å². The molecule has 0 aromatic heterocycles. The molecule has 5 nitrogen and oxygen atoms in total. The first-order valence-corrected chi connectivity index (χ1v) is 7.80. The standard InChI is InChI=1S/C15H28N2O3/c1-4-8-13(15(19)20)16-11(3)14(18)17-10-7-6-9-12(17)5-2/h11-13,16H,4-10H2,1-3H3,(H,19,20). The molecule has 1 rings (SSSR count). The lowest BCUT2D eigenvalue weighted by Crippen LogP contribution is -2.54. The van der Waals surface area contributed by atoms with Crippen molar-refractivity contribution in [1.82, 2.24) is 10.2 Å². The molecule has 116 valence electrons. The summed E-state index contributed by atoms with van der Waals surface area (Å²) in [4.78, 5) is 25.6. The number of amides is 1. The van der Waals surface area contributed by atoms with Gasteiger partial charge in [-0.2, -0.15) is 0 Å². The normalized spacial score (nSPS) is 22.4. The first-order chi connectivity index (χ1) is 9.51. The average Bonchev–Trinajstić information content (AvgIpc) is 2.45. The monoisotopic (exact) mass is 284 g/mol. The van der Waals surface area contributed by atoms with E-state index in [2.05, 4.69) is 12.2 Å². The van der Waals surface area contributed by atoms with E-state index in [1.54, 1.807) is 6.92 Å². The van der Waals surface area contributed by atoms with Crippen molar-refractivity contribution in [2.24, 2.45) is 0 Å². The minimum absolute atomic E-state index is 0.0407. The largest absolute Gasteiger partial charge is 0.480 e. The molecule has 0 aromatic carbocycles. The van der Waals surface area contributed by atoms with Crippen LogP contribution in [0.3, 0.4) is 0 Å². The van der Waals surface area contributed by atoms with E-state index >= 15 is 0 Å². The molecule has 0 aliphatic carbocycles. The fourth-order valence-corrected chi connectivity index (χ4v) is 2.90. The van der Waals surface area contributed by atoms with Crippen LogP contribution >= 0.6 is 0 Å². The second kappa shape index (κ2) is 8.25. The molecule has 3 unspecified atom stereocenters. The van der Waals surface area contributed by atoms with E-state index in [0.29, 0.717) is 12.5 Å². The number of nitrogens with zero attached hydrogens (tertiary/aromatic N) is 1. The van der Waals surface area contributed by atoms with Crippen molar-refractivity contribution in [1.29, 1.82) is 0 Å². The third-order valence-corrected chi connectivity index (χ3v) is 4.08. The maximum absolute atomic E-state index is 12.5. The number of nitrogens with one attached hydrogen (secondary N) is 1. The zero-order chi connectivity index (χ0) is 15.1. The first-order valence-electron chi connectivity index (χ1n) is 7.80. The summed E-state index contributed by atoms with van der Waals surface area (Å²) in [6.07, 6.45) is 5.59. The van der Waals surface area contributed by atoms with Crippen molar-refractivity contribution in [3.63, 3.8) is 0 Å². The Balaban J connectivity index is 2.62. The third-order valence-electron chi connectivity index (χ3n) is 4.08. The molecule has 20 heavy (non-hydrogen) atoms. The van der Waals surface area contributed by atoms with Gasteiger partial charge in [-0.25, -0.2) is 0 Å². The number of piperidine rings is 1. The summed E-state index contributed by atoms with van der Waals surface area (Å²) in [6.45, 7) is 6.62. The molecule has 0 spiro atoms. The molecule has 3 atom stereocenters. The second-order valence-corrected chi connectivity index (χ2v) is 5.66. The number of carboxylic acid groups (broad SMARTS) is 1. The molecule has 0 saturated carbocycles. The molecule has 0 radical (unpaired) electrons. The molecule has 2 N–H and O–H groups in total. The number of carbonyl (C=O) groups excluding carboxylic acids is 1. The smallest absolute Gasteiger partial charge is 0.320 e. The van der Waals surface area contributed by atoms with Gasteiger partial charge in [-0.3, -0.25) is 14.9 Å². The first kappa shape index (κ1) is 17.0. The van der Waals surface area contributed by atoms with Crippen LogP contribution in [-0.4, -0.2) is 46.6 Å². The Kier molecular flexibility index (Phi) is 6.99. The lowest BCUT2D eigenvalue weighted by Gasteiger charge is -2.37. The van der Waals surface area contributed by atoms with Gasteiger partial charge in [0.05, 0.1) is 6.04 Å². The van der Waals surface area contributed by atoms with Gasteiger partial charge in [-0.1, -0.05) is 20.3 Å². The number of likely N-dealkylation sites (tertiary alicyclic amines) is 1. The van der Waals surface area contributed by atoms with Crippen LogP contribution in [0.15, 0.2) is 0 Å². The van der Waals surface area contributed by atoms with E-state index in [4.69, 9.17) is 5.11 Å². The molecule has 1 amide bonds. The fourth-order valence-electron chi connectivity index (χ4n) is 2.90. The van der Waals surface area contributed by atoms with Crippen LogP contribution in [0.4, 0.5) is 0 Å². The highest BCUT2D eigenvalue weighted by Gasteiger charge is 2.30. The van der Waals surface area contributed by atoms with Gasteiger partial charge in [0.15, 0.2) is 0 Å². The van der Waals surface area contributed by atoms with Crippen molar-refractivity contribution < 1.29 is 14.7 Å². The van der Waals surface area contributed by atoms with Crippen molar-refractivity contribution in [3.05, 3.63) is 0 Å². The van der Waals surface area contributed by atoms with Gasteiger partial charge in [0.1, 0.15) is 6.04 Å². The van der Waals surface area contributed by atoms with Gasteiger partial charge in [-0.15, -0.1) is 0 Å². The lowest BCUT2D eigenvalue weighted by molar-refractivity contribution is -0.141. The average molecular weight is 284 g/mol. The van der Waals surface area contributed by atoms with Crippen LogP contribution in [0.2, 0.25) is 0 Å². The van der Waals surface area contributed by atoms with Crippen molar-refractivity contribution in [3.8, 4) is 0 Å². The Morgan fingerprint density at radius 3 is 2.60 bits per heavy atom. The minimum Gasteiger partial charge on any atom is -0.480 e. The molecular weight excluding hydrogens is 256 g/mol. The van der Waals surface area contributed by atoms with Crippen LogP contribution in [0.1, 0.15) is 59.3 Å². The molecule has 0 aromatic rings. The SMILES string of the molecule is CCCC(NC(C)C(=O)N1CCCCC1CC)C(=O)O. The van der Waals surface area contributed by atoms with Crippen LogP contribution in [0.5, 0.6) is 0 Å². The molecule has 5 heteroatoms. The molecule has 1 aliphatic heterocycles. The van der Waals surface area contributed by atoms with Gasteiger partial charge in [0, 0.05) is 12.6 Å². The predicted molar refractivity (Wildman–Crippen MR) is 78.6 cm³/mol. The molecule has 1 saturated heterocycles. The molecular formula is C15H28N2O3.